The van der Waals surface area contributed by atoms with Crippen LogP contribution in [0.2, 0.25) is 0 Å². The summed E-state index contributed by atoms with van der Waals surface area (Å²) >= 11 is 0. The molecule has 0 bridgehead atoms. The van der Waals surface area contributed by atoms with Crippen LogP contribution in [0.3, 0.4) is 0 Å². The van der Waals surface area contributed by atoms with Crippen molar-refractivity contribution in [2.75, 3.05) is 0 Å². The number of hydrogen-bond donors (Lipinski definition) is 1. The van der Waals surface area contributed by atoms with Gasteiger partial charge in [0.2, 0.25) is 0 Å². The zero-order valence-electron chi connectivity index (χ0n) is 7.76. The number of carboxylic acids is 1. The van der Waals surface area contributed by atoms with Crippen molar-refractivity contribution in [3.63, 3.8) is 0 Å². The van der Waals surface area contributed by atoms with Crippen molar-refractivity contribution in [2.24, 2.45) is 11.3 Å². The van der Waals surface area contributed by atoms with Gasteiger partial charge in [-0.05, 0) is 31.1 Å². The number of rotatable bonds is 3. The van der Waals surface area contributed by atoms with Crippen molar-refractivity contribution in [3.05, 3.63) is 12.2 Å². The van der Waals surface area contributed by atoms with Crippen LogP contribution in [0.25, 0.3) is 0 Å². The Kier molecular flexibility index (Phi) is 2.27. The van der Waals surface area contributed by atoms with Crippen molar-refractivity contribution in [2.45, 2.75) is 33.1 Å². The molecule has 0 aliphatic heterocycles. The maximum absolute atomic E-state index is 10.5. The van der Waals surface area contributed by atoms with Crippen LogP contribution in [-0.2, 0) is 4.79 Å². The average molecular weight is 168 g/mol. The first kappa shape index (κ1) is 9.30. The molecule has 0 unspecified atom stereocenters. The lowest BCUT2D eigenvalue weighted by Crippen LogP contribution is -2.39. The number of carboxylic acid groups (broad SMARTS) is 1. The van der Waals surface area contributed by atoms with E-state index >= 15 is 0 Å². The lowest BCUT2D eigenvalue weighted by atomic mass is 9.57. The number of hydrogen-bond acceptors (Lipinski definition) is 1. The third kappa shape index (κ3) is 1.52. The van der Waals surface area contributed by atoms with Crippen LogP contribution < -0.4 is 0 Å². The molecule has 1 aliphatic rings. The molecular weight excluding hydrogens is 152 g/mol. The number of aliphatic carboxylic acids is 1. The van der Waals surface area contributed by atoms with Crippen molar-refractivity contribution >= 4 is 5.97 Å². The zero-order valence-corrected chi connectivity index (χ0v) is 7.76. The fourth-order valence-electron chi connectivity index (χ4n) is 2.18. The Labute approximate surface area is 73.3 Å². The first-order chi connectivity index (χ1) is 5.46. The molecule has 2 heteroatoms. The van der Waals surface area contributed by atoms with Crippen LogP contribution >= 0.6 is 0 Å². The summed E-state index contributed by atoms with van der Waals surface area (Å²) in [6.07, 6.45) is 2.42. The Morgan fingerprint density at radius 2 is 2.33 bits per heavy atom. The average Bonchev–Trinajstić information content (AvgIpc) is 1.82. The molecule has 1 fully saturated rings. The minimum Gasteiger partial charge on any atom is -0.481 e. The summed E-state index contributed by atoms with van der Waals surface area (Å²) in [6.45, 7) is 7.92. The first-order valence-electron chi connectivity index (χ1n) is 4.33. The van der Waals surface area contributed by atoms with Gasteiger partial charge in [-0.3, -0.25) is 4.79 Å². The zero-order chi connectivity index (χ0) is 9.35. The largest absolute Gasteiger partial charge is 0.481 e. The monoisotopic (exact) mass is 168 g/mol. The fourth-order valence-corrected chi connectivity index (χ4v) is 2.18. The highest BCUT2D eigenvalue weighted by Gasteiger charge is 2.44. The minimum atomic E-state index is -0.691. The first-order valence-corrected chi connectivity index (χ1v) is 4.33. The molecule has 1 N–H and O–H groups in total. The van der Waals surface area contributed by atoms with Gasteiger partial charge in [0.15, 0.2) is 0 Å². The topological polar surface area (TPSA) is 37.3 Å². The normalized spacial score (nSPS) is 34.0. The highest BCUT2D eigenvalue weighted by Crippen LogP contribution is 2.51. The van der Waals surface area contributed by atoms with E-state index in [1.54, 1.807) is 0 Å². The molecule has 0 saturated heterocycles. The van der Waals surface area contributed by atoms with E-state index in [-0.39, 0.29) is 11.8 Å². The molecule has 0 radical (unpaired) electrons. The molecule has 68 valence electrons. The van der Waals surface area contributed by atoms with E-state index in [0.717, 1.165) is 18.4 Å². The van der Waals surface area contributed by atoms with E-state index in [0.29, 0.717) is 5.92 Å². The second kappa shape index (κ2) is 2.92. The van der Waals surface area contributed by atoms with E-state index in [9.17, 15) is 4.79 Å². The SMILES string of the molecule is C=C(C)[C@H]1CC[C@@]1(C)CC(=O)O. The van der Waals surface area contributed by atoms with E-state index in [1.807, 2.05) is 13.8 Å². The molecule has 0 heterocycles. The maximum atomic E-state index is 10.5. The summed E-state index contributed by atoms with van der Waals surface area (Å²) in [7, 11) is 0. The number of allylic oxidation sites excluding steroid dienone is 1. The van der Waals surface area contributed by atoms with Crippen LogP contribution in [-0.4, -0.2) is 11.1 Å². The molecule has 12 heavy (non-hydrogen) atoms. The molecule has 0 aromatic carbocycles. The lowest BCUT2D eigenvalue weighted by molar-refractivity contribution is -0.142. The standard InChI is InChI=1S/C10H16O2/c1-7(2)8-4-5-10(8,3)6-9(11)12/h8H,1,4-6H2,2-3H3,(H,11,12)/t8-,10+/m1/s1. The molecule has 1 saturated carbocycles. The van der Waals surface area contributed by atoms with Gasteiger partial charge in [-0.1, -0.05) is 19.1 Å². The van der Waals surface area contributed by atoms with E-state index in [1.165, 1.54) is 0 Å². The lowest BCUT2D eigenvalue weighted by Gasteiger charge is -2.47. The molecule has 0 amide bonds. The summed E-state index contributed by atoms with van der Waals surface area (Å²) in [4.78, 5) is 10.5. The molecule has 2 nitrogen and oxygen atoms in total. The van der Waals surface area contributed by atoms with Gasteiger partial charge < -0.3 is 5.11 Å². The second-order valence-electron chi connectivity index (χ2n) is 4.16. The quantitative estimate of drug-likeness (QED) is 0.657. The van der Waals surface area contributed by atoms with E-state index < -0.39 is 5.97 Å². The van der Waals surface area contributed by atoms with E-state index in [2.05, 4.69) is 6.58 Å². The Morgan fingerprint density at radius 1 is 1.75 bits per heavy atom. The van der Waals surface area contributed by atoms with Gasteiger partial charge in [-0.2, -0.15) is 0 Å². The van der Waals surface area contributed by atoms with Gasteiger partial charge in [-0.25, -0.2) is 0 Å². The summed E-state index contributed by atoms with van der Waals surface area (Å²) in [5.74, 6) is -0.267. The third-order valence-electron chi connectivity index (χ3n) is 3.00. The van der Waals surface area contributed by atoms with Gasteiger partial charge in [0.25, 0.3) is 0 Å². The van der Waals surface area contributed by atoms with Crippen molar-refractivity contribution in [1.29, 1.82) is 0 Å². The Bertz CT molecular complexity index is 220. The van der Waals surface area contributed by atoms with Gasteiger partial charge in [0.05, 0.1) is 6.42 Å². The second-order valence-corrected chi connectivity index (χ2v) is 4.16. The van der Waals surface area contributed by atoms with Gasteiger partial charge >= 0.3 is 5.97 Å². The van der Waals surface area contributed by atoms with Crippen LogP contribution in [0.15, 0.2) is 12.2 Å². The predicted molar refractivity (Wildman–Crippen MR) is 47.9 cm³/mol. The van der Waals surface area contributed by atoms with Crippen molar-refractivity contribution in [3.8, 4) is 0 Å². The summed E-state index contributed by atoms with van der Waals surface area (Å²) in [5.41, 5.74) is 1.11. The molecule has 0 spiro atoms. The maximum Gasteiger partial charge on any atom is 0.303 e. The highest BCUT2D eigenvalue weighted by atomic mass is 16.4. The molecular formula is C10H16O2. The van der Waals surface area contributed by atoms with Crippen LogP contribution in [0.4, 0.5) is 0 Å². The highest BCUT2D eigenvalue weighted by molar-refractivity contribution is 5.68. The van der Waals surface area contributed by atoms with Crippen LogP contribution in [0.1, 0.15) is 33.1 Å². The van der Waals surface area contributed by atoms with Gasteiger partial charge in [-0.15, -0.1) is 0 Å². The van der Waals surface area contributed by atoms with Gasteiger partial charge in [0.1, 0.15) is 0 Å². The molecule has 1 rings (SSSR count). The molecule has 1 aliphatic carbocycles. The smallest absolute Gasteiger partial charge is 0.303 e. The summed E-state index contributed by atoms with van der Waals surface area (Å²) < 4.78 is 0. The van der Waals surface area contributed by atoms with Gasteiger partial charge in [0, 0.05) is 0 Å². The van der Waals surface area contributed by atoms with Crippen molar-refractivity contribution in [1.82, 2.24) is 0 Å². The number of carbonyl (C=O) groups is 1. The summed E-state index contributed by atoms with van der Waals surface area (Å²) in [5, 5.41) is 8.68. The Hall–Kier alpha value is -0.790. The summed E-state index contributed by atoms with van der Waals surface area (Å²) in [6, 6.07) is 0. The Morgan fingerprint density at radius 3 is 2.58 bits per heavy atom. The van der Waals surface area contributed by atoms with Crippen LogP contribution in [0, 0.1) is 11.3 Å². The molecule has 0 aromatic rings. The minimum absolute atomic E-state index is 0.0162. The van der Waals surface area contributed by atoms with E-state index in [4.69, 9.17) is 5.11 Å². The third-order valence-corrected chi connectivity index (χ3v) is 3.00. The molecule has 2 atom stereocenters. The fraction of sp³-hybridized carbons (Fsp3) is 0.700. The molecule has 0 aromatic heterocycles. The predicted octanol–water partition coefficient (Wildman–Crippen LogP) is 2.45. The van der Waals surface area contributed by atoms with Crippen molar-refractivity contribution < 1.29 is 9.90 Å². The van der Waals surface area contributed by atoms with Crippen LogP contribution in [0.5, 0.6) is 0 Å². The Balaban J connectivity index is 2.60.